The molecule has 2 saturated heterocycles. The molecule has 29 heavy (non-hydrogen) atoms. The molecule has 1 aromatic rings. The third-order valence-corrected chi connectivity index (χ3v) is 5.81. The number of benzene rings is 1. The van der Waals surface area contributed by atoms with Crippen LogP contribution in [0.15, 0.2) is 24.3 Å². The molecule has 9 heteroatoms. The van der Waals surface area contributed by atoms with Crippen molar-refractivity contribution in [1.82, 2.24) is 10.2 Å². The van der Waals surface area contributed by atoms with Gasteiger partial charge in [-0.3, -0.25) is 4.79 Å². The first-order valence-corrected chi connectivity index (χ1v) is 9.75. The second kappa shape index (κ2) is 11.3. The normalized spacial score (nSPS) is 21.0. The van der Waals surface area contributed by atoms with Crippen LogP contribution in [-0.2, 0) is 11.0 Å². The molecule has 0 saturated carbocycles. The minimum Gasteiger partial charge on any atom is -0.368 e. The largest absolute Gasteiger partial charge is 0.416 e. The Kier molecular flexibility index (Phi) is 10.1. The van der Waals surface area contributed by atoms with Gasteiger partial charge < -0.3 is 15.1 Å². The predicted octanol–water partition coefficient (Wildman–Crippen LogP) is 4.22. The summed E-state index contributed by atoms with van der Waals surface area (Å²) in [6.07, 6.45) is -1.45. The van der Waals surface area contributed by atoms with Crippen LogP contribution >= 0.6 is 24.8 Å². The Hall–Kier alpha value is -1.18. The number of alkyl halides is 3. The quantitative estimate of drug-likeness (QED) is 0.737. The van der Waals surface area contributed by atoms with Gasteiger partial charge in [0.15, 0.2) is 0 Å². The van der Waals surface area contributed by atoms with Gasteiger partial charge in [-0.25, -0.2) is 0 Å². The summed E-state index contributed by atoms with van der Waals surface area (Å²) in [4.78, 5) is 16.4. The van der Waals surface area contributed by atoms with Crippen molar-refractivity contribution in [3.8, 4) is 0 Å². The molecule has 1 aromatic carbocycles. The highest BCUT2D eigenvalue weighted by Gasteiger charge is 2.31. The number of anilines is 1. The maximum Gasteiger partial charge on any atom is 0.416 e. The maximum atomic E-state index is 12.9. The number of carbonyl (C=O) groups is 1. The number of piperazine rings is 1. The van der Waals surface area contributed by atoms with Crippen molar-refractivity contribution in [3.63, 3.8) is 0 Å². The average Bonchev–Trinajstić information content (AvgIpc) is 2.68. The molecule has 2 atom stereocenters. The SMILES string of the molecule is CC(CC(=O)N1CCN(c2cccc(C(F)(F)F)c2)CC1)C1CCCNC1.Cl.Cl. The summed E-state index contributed by atoms with van der Waals surface area (Å²) < 4.78 is 38.7. The van der Waals surface area contributed by atoms with Gasteiger partial charge >= 0.3 is 6.18 Å². The number of carbonyl (C=O) groups excluding carboxylic acids is 1. The van der Waals surface area contributed by atoms with Gasteiger partial charge in [0.05, 0.1) is 5.56 Å². The van der Waals surface area contributed by atoms with E-state index in [1.54, 1.807) is 6.07 Å². The van der Waals surface area contributed by atoms with E-state index in [0.717, 1.165) is 19.2 Å². The number of rotatable bonds is 4. The van der Waals surface area contributed by atoms with Crippen LogP contribution in [0.25, 0.3) is 0 Å². The highest BCUT2D eigenvalue weighted by atomic mass is 35.5. The van der Waals surface area contributed by atoms with Crippen molar-refractivity contribution in [3.05, 3.63) is 29.8 Å². The van der Waals surface area contributed by atoms with Crippen LogP contribution in [-0.4, -0.2) is 50.1 Å². The number of hydrogen-bond acceptors (Lipinski definition) is 3. The predicted molar refractivity (Wildman–Crippen MR) is 114 cm³/mol. The zero-order valence-electron chi connectivity index (χ0n) is 16.6. The van der Waals surface area contributed by atoms with Crippen molar-refractivity contribution in [2.75, 3.05) is 44.2 Å². The van der Waals surface area contributed by atoms with E-state index in [0.29, 0.717) is 50.1 Å². The van der Waals surface area contributed by atoms with E-state index in [9.17, 15) is 18.0 Å². The zero-order chi connectivity index (χ0) is 19.4. The molecule has 2 aliphatic heterocycles. The number of nitrogens with zero attached hydrogens (tertiary/aromatic N) is 2. The Bertz CT molecular complexity index is 646. The van der Waals surface area contributed by atoms with Crippen molar-refractivity contribution in [2.24, 2.45) is 11.8 Å². The number of halogens is 5. The molecule has 0 aromatic heterocycles. The number of hydrogen-bond donors (Lipinski definition) is 1. The second-order valence-corrected chi connectivity index (χ2v) is 7.70. The van der Waals surface area contributed by atoms with E-state index in [2.05, 4.69) is 12.2 Å². The van der Waals surface area contributed by atoms with Crippen LogP contribution in [0.5, 0.6) is 0 Å². The van der Waals surface area contributed by atoms with E-state index in [4.69, 9.17) is 0 Å². The number of piperidine rings is 1. The van der Waals surface area contributed by atoms with Crippen LogP contribution in [0.1, 0.15) is 31.7 Å². The Balaban J connectivity index is 0.00000210. The van der Waals surface area contributed by atoms with Gasteiger partial charge in [0.25, 0.3) is 0 Å². The highest BCUT2D eigenvalue weighted by molar-refractivity contribution is 5.85. The molecule has 2 fully saturated rings. The third-order valence-electron chi connectivity index (χ3n) is 5.81. The molecule has 2 aliphatic rings. The summed E-state index contributed by atoms with van der Waals surface area (Å²) in [5.41, 5.74) is -0.0630. The fourth-order valence-electron chi connectivity index (χ4n) is 4.03. The highest BCUT2D eigenvalue weighted by Crippen LogP contribution is 2.32. The molecule has 1 amide bonds. The summed E-state index contributed by atoms with van der Waals surface area (Å²) in [6.45, 7) is 6.44. The minimum atomic E-state index is -4.34. The molecule has 0 bridgehead atoms. The summed E-state index contributed by atoms with van der Waals surface area (Å²) in [5, 5.41) is 3.40. The van der Waals surface area contributed by atoms with E-state index in [1.807, 2.05) is 9.80 Å². The monoisotopic (exact) mass is 455 g/mol. The molecule has 3 rings (SSSR count). The van der Waals surface area contributed by atoms with Crippen LogP contribution in [0.2, 0.25) is 0 Å². The Morgan fingerprint density at radius 2 is 1.90 bits per heavy atom. The molecule has 0 spiro atoms. The summed E-state index contributed by atoms with van der Waals surface area (Å²) in [6, 6.07) is 5.42. The lowest BCUT2D eigenvalue weighted by molar-refractivity contribution is -0.137. The molecular weight excluding hydrogens is 426 g/mol. The first kappa shape index (κ1) is 25.9. The minimum absolute atomic E-state index is 0. The molecular formula is C20H30Cl2F3N3O. The van der Waals surface area contributed by atoms with Crippen molar-refractivity contribution in [1.29, 1.82) is 0 Å². The van der Waals surface area contributed by atoms with Crippen LogP contribution in [0.3, 0.4) is 0 Å². The molecule has 0 aliphatic carbocycles. The Labute approximate surface area is 183 Å². The fraction of sp³-hybridized carbons (Fsp3) is 0.650. The van der Waals surface area contributed by atoms with E-state index in [1.165, 1.54) is 25.0 Å². The Morgan fingerprint density at radius 3 is 2.48 bits per heavy atom. The van der Waals surface area contributed by atoms with Crippen LogP contribution in [0.4, 0.5) is 18.9 Å². The van der Waals surface area contributed by atoms with Gasteiger partial charge in [0.1, 0.15) is 0 Å². The van der Waals surface area contributed by atoms with E-state index >= 15 is 0 Å². The summed E-state index contributed by atoms with van der Waals surface area (Å²) in [7, 11) is 0. The van der Waals surface area contributed by atoms with Gasteiger partial charge in [0, 0.05) is 38.3 Å². The van der Waals surface area contributed by atoms with Crippen molar-refractivity contribution in [2.45, 2.75) is 32.4 Å². The van der Waals surface area contributed by atoms with E-state index in [-0.39, 0.29) is 30.7 Å². The number of nitrogens with one attached hydrogen (secondary N) is 1. The first-order valence-electron chi connectivity index (χ1n) is 9.75. The van der Waals surface area contributed by atoms with E-state index < -0.39 is 11.7 Å². The standard InChI is InChI=1S/C20H28F3N3O.2ClH/c1-15(16-4-3-7-24-14-16)12-19(27)26-10-8-25(9-11-26)18-6-2-5-17(13-18)20(21,22)23;;/h2,5-6,13,15-16,24H,3-4,7-12,14H2,1H3;2*1H. The molecule has 2 unspecified atom stereocenters. The van der Waals surface area contributed by atoms with Gasteiger partial charge in [-0.2, -0.15) is 13.2 Å². The van der Waals surface area contributed by atoms with Gasteiger partial charge in [-0.15, -0.1) is 24.8 Å². The smallest absolute Gasteiger partial charge is 0.368 e. The number of amides is 1. The van der Waals surface area contributed by atoms with Gasteiger partial charge in [-0.1, -0.05) is 13.0 Å². The lowest BCUT2D eigenvalue weighted by Gasteiger charge is -2.37. The molecule has 1 N–H and O–H groups in total. The first-order chi connectivity index (χ1) is 12.8. The fourth-order valence-corrected chi connectivity index (χ4v) is 4.03. The topological polar surface area (TPSA) is 35.6 Å². The average molecular weight is 456 g/mol. The Morgan fingerprint density at radius 1 is 1.21 bits per heavy atom. The lowest BCUT2D eigenvalue weighted by atomic mass is 9.85. The molecule has 166 valence electrons. The summed E-state index contributed by atoms with van der Waals surface area (Å²) in [5.74, 6) is 1.07. The van der Waals surface area contributed by atoms with Crippen LogP contribution in [0, 0.1) is 11.8 Å². The lowest BCUT2D eigenvalue weighted by Crippen LogP contribution is -2.49. The van der Waals surface area contributed by atoms with Gasteiger partial charge in [-0.05, 0) is 56.0 Å². The maximum absolute atomic E-state index is 12.9. The molecule has 2 heterocycles. The summed E-state index contributed by atoms with van der Waals surface area (Å²) >= 11 is 0. The second-order valence-electron chi connectivity index (χ2n) is 7.70. The van der Waals surface area contributed by atoms with Crippen molar-refractivity contribution < 1.29 is 18.0 Å². The van der Waals surface area contributed by atoms with Gasteiger partial charge in [0.2, 0.25) is 5.91 Å². The van der Waals surface area contributed by atoms with Crippen LogP contribution < -0.4 is 10.2 Å². The third kappa shape index (κ3) is 6.93. The zero-order valence-corrected chi connectivity index (χ0v) is 18.2. The molecule has 0 radical (unpaired) electrons. The molecule has 4 nitrogen and oxygen atoms in total. The van der Waals surface area contributed by atoms with Crippen molar-refractivity contribution >= 4 is 36.4 Å².